The first-order valence-electron chi connectivity index (χ1n) is 8.65. The van der Waals surface area contributed by atoms with E-state index in [2.05, 4.69) is 0 Å². The van der Waals surface area contributed by atoms with Crippen molar-refractivity contribution in [1.82, 2.24) is 4.31 Å². The Balaban J connectivity index is 1.45. The second-order valence-corrected chi connectivity index (χ2v) is 8.50. The van der Waals surface area contributed by atoms with Gasteiger partial charge in [-0.2, -0.15) is 4.31 Å². The van der Waals surface area contributed by atoms with Crippen molar-refractivity contribution < 1.29 is 27.1 Å². The zero-order valence-electron chi connectivity index (χ0n) is 14.4. The SMILES string of the molecule is O=C(c1ccc(F)cc1)C1CCN(S(=O)(=O)c2ccc3c(c2)OCO3)CC1. The number of carbonyl (C=O) groups excluding carboxylic acids is 1. The normalized spacial score (nSPS) is 17.8. The second kappa shape index (κ2) is 6.94. The Kier molecular flexibility index (Phi) is 4.61. The molecule has 2 aliphatic heterocycles. The largest absolute Gasteiger partial charge is 0.454 e. The van der Waals surface area contributed by atoms with Crippen LogP contribution in [0.5, 0.6) is 11.5 Å². The number of ether oxygens (including phenoxy) is 2. The molecule has 2 aliphatic rings. The fraction of sp³-hybridized carbons (Fsp3) is 0.316. The highest BCUT2D eigenvalue weighted by atomic mass is 32.2. The van der Waals surface area contributed by atoms with Crippen molar-refractivity contribution >= 4 is 15.8 Å². The molecule has 1 saturated heterocycles. The maximum absolute atomic E-state index is 13.0. The van der Waals surface area contributed by atoms with E-state index in [0.717, 1.165) is 0 Å². The number of benzene rings is 2. The van der Waals surface area contributed by atoms with Crippen LogP contribution in [0.3, 0.4) is 0 Å². The van der Waals surface area contributed by atoms with Crippen LogP contribution in [0.25, 0.3) is 0 Å². The predicted molar refractivity (Wildman–Crippen MR) is 94.8 cm³/mol. The van der Waals surface area contributed by atoms with Gasteiger partial charge < -0.3 is 9.47 Å². The molecule has 0 radical (unpaired) electrons. The standard InChI is InChI=1S/C19H18FNO5S/c20-15-3-1-13(2-4-15)19(22)14-7-9-21(10-8-14)27(23,24)16-5-6-17-18(11-16)26-12-25-17/h1-6,11,14H,7-10,12H2. The fourth-order valence-corrected chi connectivity index (χ4v) is 4.88. The highest BCUT2D eigenvalue weighted by Gasteiger charge is 2.33. The molecule has 1 fully saturated rings. The van der Waals surface area contributed by atoms with Gasteiger partial charge in [0.25, 0.3) is 0 Å². The molecule has 142 valence electrons. The smallest absolute Gasteiger partial charge is 0.243 e. The van der Waals surface area contributed by atoms with Crippen LogP contribution in [0.2, 0.25) is 0 Å². The third kappa shape index (κ3) is 3.42. The summed E-state index contributed by atoms with van der Waals surface area (Å²) in [5, 5.41) is 0. The fourth-order valence-electron chi connectivity index (χ4n) is 3.39. The Morgan fingerprint density at radius 1 is 1.00 bits per heavy atom. The van der Waals surface area contributed by atoms with Gasteiger partial charge in [-0.1, -0.05) is 0 Å². The molecule has 0 atom stereocenters. The van der Waals surface area contributed by atoms with Crippen molar-refractivity contribution in [3.05, 3.63) is 53.8 Å². The molecule has 0 amide bonds. The highest BCUT2D eigenvalue weighted by Crippen LogP contribution is 2.35. The quantitative estimate of drug-likeness (QED) is 0.750. The number of fused-ring (bicyclic) bond motifs is 1. The predicted octanol–water partition coefficient (Wildman–Crippen LogP) is 2.84. The molecule has 0 N–H and O–H groups in total. The Hall–Kier alpha value is -2.45. The summed E-state index contributed by atoms with van der Waals surface area (Å²) in [5.74, 6) is 0.208. The molecule has 0 unspecified atom stereocenters. The minimum atomic E-state index is -3.67. The van der Waals surface area contributed by atoms with Crippen LogP contribution < -0.4 is 9.47 Å². The second-order valence-electron chi connectivity index (χ2n) is 6.56. The number of ketones is 1. The number of piperidine rings is 1. The zero-order chi connectivity index (χ0) is 19.0. The van der Waals surface area contributed by atoms with Crippen molar-refractivity contribution in [2.24, 2.45) is 5.92 Å². The van der Waals surface area contributed by atoms with Crippen LogP contribution in [-0.2, 0) is 10.0 Å². The van der Waals surface area contributed by atoms with E-state index in [1.165, 1.54) is 40.7 Å². The van der Waals surface area contributed by atoms with Crippen LogP contribution in [0.1, 0.15) is 23.2 Å². The monoisotopic (exact) mass is 391 g/mol. The van der Waals surface area contributed by atoms with Gasteiger partial charge in [-0.05, 0) is 49.2 Å². The van der Waals surface area contributed by atoms with E-state index in [4.69, 9.17) is 9.47 Å². The molecule has 8 heteroatoms. The maximum Gasteiger partial charge on any atom is 0.243 e. The lowest BCUT2D eigenvalue weighted by molar-refractivity contribution is 0.0875. The molecule has 0 aromatic heterocycles. The van der Waals surface area contributed by atoms with Gasteiger partial charge in [0.05, 0.1) is 4.90 Å². The minimum absolute atomic E-state index is 0.0740. The average Bonchev–Trinajstić information content (AvgIpc) is 3.16. The summed E-state index contributed by atoms with van der Waals surface area (Å²) in [5.41, 5.74) is 0.452. The van der Waals surface area contributed by atoms with Crippen molar-refractivity contribution in [3.63, 3.8) is 0 Å². The van der Waals surface area contributed by atoms with Gasteiger partial charge in [0, 0.05) is 30.6 Å². The topological polar surface area (TPSA) is 72.9 Å². The maximum atomic E-state index is 13.0. The van der Waals surface area contributed by atoms with E-state index in [-0.39, 0.29) is 36.5 Å². The van der Waals surface area contributed by atoms with E-state index in [1.54, 1.807) is 6.07 Å². The van der Waals surface area contributed by atoms with Crippen LogP contribution in [0.15, 0.2) is 47.4 Å². The Morgan fingerprint density at radius 3 is 2.37 bits per heavy atom. The molecule has 27 heavy (non-hydrogen) atoms. The number of Topliss-reactive ketones (excluding diaryl/α,β-unsaturated/α-hetero) is 1. The number of nitrogens with zero attached hydrogens (tertiary/aromatic N) is 1. The van der Waals surface area contributed by atoms with Gasteiger partial charge in [-0.15, -0.1) is 0 Å². The molecule has 2 aromatic rings. The van der Waals surface area contributed by atoms with Crippen molar-refractivity contribution in [2.75, 3.05) is 19.9 Å². The Labute approximate surface area is 156 Å². The molecular weight excluding hydrogens is 373 g/mol. The van der Waals surface area contributed by atoms with Gasteiger partial charge in [0.15, 0.2) is 17.3 Å². The molecule has 0 spiro atoms. The first-order chi connectivity index (χ1) is 12.9. The third-order valence-corrected chi connectivity index (χ3v) is 6.83. The Morgan fingerprint density at radius 2 is 1.67 bits per heavy atom. The molecule has 0 aliphatic carbocycles. The summed E-state index contributed by atoms with van der Waals surface area (Å²) in [4.78, 5) is 12.7. The summed E-state index contributed by atoms with van der Waals surface area (Å²) in [6.45, 7) is 0.596. The summed E-state index contributed by atoms with van der Waals surface area (Å²) in [6, 6.07) is 9.99. The zero-order valence-corrected chi connectivity index (χ0v) is 15.2. The van der Waals surface area contributed by atoms with Gasteiger partial charge in [0.1, 0.15) is 5.82 Å². The van der Waals surface area contributed by atoms with Crippen LogP contribution in [0, 0.1) is 11.7 Å². The van der Waals surface area contributed by atoms with E-state index >= 15 is 0 Å². The first kappa shape index (κ1) is 17.9. The summed E-state index contributed by atoms with van der Waals surface area (Å²) in [7, 11) is -3.67. The summed E-state index contributed by atoms with van der Waals surface area (Å²) in [6.07, 6.45) is 0.861. The van der Waals surface area contributed by atoms with Gasteiger partial charge in [-0.3, -0.25) is 4.79 Å². The number of hydrogen-bond acceptors (Lipinski definition) is 5. The molecule has 0 bridgehead atoms. The van der Waals surface area contributed by atoms with E-state index in [1.807, 2.05) is 0 Å². The lowest BCUT2D eigenvalue weighted by atomic mass is 9.90. The van der Waals surface area contributed by atoms with E-state index < -0.39 is 15.8 Å². The van der Waals surface area contributed by atoms with Crippen molar-refractivity contribution in [2.45, 2.75) is 17.7 Å². The number of carbonyl (C=O) groups is 1. The van der Waals surface area contributed by atoms with Gasteiger partial charge in [0.2, 0.25) is 16.8 Å². The van der Waals surface area contributed by atoms with E-state index in [9.17, 15) is 17.6 Å². The molecular formula is C19H18FNO5S. The minimum Gasteiger partial charge on any atom is -0.454 e. The van der Waals surface area contributed by atoms with E-state index in [0.29, 0.717) is 29.9 Å². The highest BCUT2D eigenvalue weighted by molar-refractivity contribution is 7.89. The lowest BCUT2D eigenvalue weighted by Gasteiger charge is -2.30. The molecule has 6 nitrogen and oxygen atoms in total. The lowest BCUT2D eigenvalue weighted by Crippen LogP contribution is -2.40. The molecule has 4 rings (SSSR count). The Bertz CT molecular complexity index is 966. The average molecular weight is 391 g/mol. The number of sulfonamides is 1. The number of hydrogen-bond donors (Lipinski definition) is 0. The van der Waals surface area contributed by atoms with Crippen LogP contribution >= 0.6 is 0 Å². The molecule has 2 heterocycles. The first-order valence-corrected chi connectivity index (χ1v) is 10.1. The molecule has 2 aromatic carbocycles. The van der Waals surface area contributed by atoms with Crippen molar-refractivity contribution in [3.8, 4) is 11.5 Å². The summed E-state index contributed by atoms with van der Waals surface area (Å²) >= 11 is 0. The third-order valence-electron chi connectivity index (χ3n) is 4.94. The van der Waals surface area contributed by atoms with Crippen LogP contribution in [-0.4, -0.2) is 38.4 Å². The number of halogens is 1. The number of rotatable bonds is 4. The van der Waals surface area contributed by atoms with Gasteiger partial charge in [-0.25, -0.2) is 12.8 Å². The van der Waals surface area contributed by atoms with Gasteiger partial charge >= 0.3 is 0 Å². The van der Waals surface area contributed by atoms with Crippen molar-refractivity contribution in [1.29, 1.82) is 0 Å². The summed E-state index contributed by atoms with van der Waals surface area (Å²) < 4.78 is 50.6. The van der Waals surface area contributed by atoms with Crippen LogP contribution in [0.4, 0.5) is 4.39 Å². The molecule has 0 saturated carbocycles.